The van der Waals surface area contributed by atoms with Crippen LogP contribution < -0.4 is 4.74 Å². The Morgan fingerprint density at radius 2 is 2.43 bits per heavy atom. The standard InChI is InChI=1S/C15H17N3O2S/c19-15(9-12-5-8-21-11-12)18-7-2-3-13(10-18)20-14-4-1-6-16-17-14/h1,4-6,8,11,13H,2-3,7,9-10H2/t13-/m0/s1. The van der Waals surface area contributed by atoms with Gasteiger partial charge in [-0.25, -0.2) is 0 Å². The van der Waals surface area contributed by atoms with Crippen molar-refractivity contribution in [2.75, 3.05) is 13.1 Å². The molecule has 2 aromatic rings. The SMILES string of the molecule is O=C(Cc1ccsc1)N1CCC[C@H](Oc2cccnn2)C1. The summed E-state index contributed by atoms with van der Waals surface area (Å²) in [5, 5.41) is 11.8. The van der Waals surface area contributed by atoms with Crippen LogP contribution in [-0.2, 0) is 11.2 Å². The first-order chi connectivity index (χ1) is 10.3. The minimum atomic E-state index is 0.00174. The Labute approximate surface area is 127 Å². The van der Waals surface area contributed by atoms with Crippen LogP contribution in [0, 0.1) is 0 Å². The van der Waals surface area contributed by atoms with Crippen molar-refractivity contribution in [3.05, 3.63) is 40.7 Å². The number of ether oxygens (including phenoxy) is 1. The molecule has 0 radical (unpaired) electrons. The van der Waals surface area contributed by atoms with Crippen LogP contribution in [0.4, 0.5) is 0 Å². The van der Waals surface area contributed by atoms with E-state index in [1.165, 1.54) is 0 Å². The maximum absolute atomic E-state index is 12.3. The molecule has 6 heteroatoms. The Balaban J connectivity index is 1.56. The van der Waals surface area contributed by atoms with Gasteiger partial charge < -0.3 is 9.64 Å². The van der Waals surface area contributed by atoms with Gasteiger partial charge in [-0.2, -0.15) is 16.4 Å². The molecule has 1 aliphatic heterocycles. The van der Waals surface area contributed by atoms with Crippen molar-refractivity contribution in [2.45, 2.75) is 25.4 Å². The number of hydrogen-bond donors (Lipinski definition) is 0. The molecule has 2 aromatic heterocycles. The van der Waals surface area contributed by atoms with Crippen LogP contribution >= 0.6 is 11.3 Å². The molecule has 1 amide bonds. The summed E-state index contributed by atoms with van der Waals surface area (Å²) in [6.45, 7) is 1.43. The number of aromatic nitrogens is 2. The predicted molar refractivity (Wildman–Crippen MR) is 80.3 cm³/mol. The summed E-state index contributed by atoms with van der Waals surface area (Å²) in [6, 6.07) is 5.59. The average molecular weight is 303 g/mol. The Hall–Kier alpha value is -1.95. The monoisotopic (exact) mass is 303 g/mol. The minimum Gasteiger partial charge on any atom is -0.471 e. The number of piperidine rings is 1. The molecular weight excluding hydrogens is 286 g/mol. The molecule has 3 rings (SSSR count). The third kappa shape index (κ3) is 3.78. The number of likely N-dealkylation sites (tertiary alicyclic amines) is 1. The van der Waals surface area contributed by atoms with Crippen molar-refractivity contribution >= 4 is 17.2 Å². The van der Waals surface area contributed by atoms with E-state index in [-0.39, 0.29) is 12.0 Å². The van der Waals surface area contributed by atoms with E-state index < -0.39 is 0 Å². The zero-order valence-corrected chi connectivity index (χ0v) is 12.5. The summed E-state index contributed by atoms with van der Waals surface area (Å²) in [7, 11) is 0. The third-order valence-corrected chi connectivity index (χ3v) is 4.23. The molecule has 1 saturated heterocycles. The highest BCUT2D eigenvalue weighted by Crippen LogP contribution is 2.17. The molecule has 3 heterocycles. The number of rotatable bonds is 4. The number of amides is 1. The fourth-order valence-corrected chi connectivity index (χ4v) is 3.13. The molecule has 110 valence electrons. The van der Waals surface area contributed by atoms with E-state index in [4.69, 9.17) is 4.74 Å². The zero-order valence-electron chi connectivity index (χ0n) is 11.6. The van der Waals surface area contributed by atoms with Gasteiger partial charge in [-0.1, -0.05) is 0 Å². The number of thiophene rings is 1. The minimum absolute atomic E-state index is 0.00174. The summed E-state index contributed by atoms with van der Waals surface area (Å²) in [5.74, 6) is 0.690. The van der Waals surface area contributed by atoms with Crippen molar-refractivity contribution in [2.24, 2.45) is 0 Å². The van der Waals surface area contributed by atoms with E-state index >= 15 is 0 Å². The van der Waals surface area contributed by atoms with Gasteiger partial charge in [-0.05, 0) is 41.3 Å². The molecular formula is C15H17N3O2S. The fourth-order valence-electron chi connectivity index (χ4n) is 2.46. The van der Waals surface area contributed by atoms with Crippen LogP contribution in [0.15, 0.2) is 35.2 Å². The molecule has 0 spiro atoms. The summed E-state index contributed by atoms with van der Waals surface area (Å²) >= 11 is 1.62. The first-order valence-electron chi connectivity index (χ1n) is 7.04. The number of hydrogen-bond acceptors (Lipinski definition) is 5. The van der Waals surface area contributed by atoms with Gasteiger partial charge in [0.2, 0.25) is 11.8 Å². The smallest absolute Gasteiger partial charge is 0.233 e. The second-order valence-electron chi connectivity index (χ2n) is 5.09. The van der Waals surface area contributed by atoms with Crippen molar-refractivity contribution in [1.82, 2.24) is 15.1 Å². The molecule has 0 bridgehead atoms. The highest BCUT2D eigenvalue weighted by Gasteiger charge is 2.25. The van der Waals surface area contributed by atoms with E-state index in [0.717, 1.165) is 24.9 Å². The van der Waals surface area contributed by atoms with E-state index in [9.17, 15) is 4.79 Å². The lowest BCUT2D eigenvalue weighted by Crippen LogP contribution is -2.45. The molecule has 0 aromatic carbocycles. The molecule has 0 aliphatic carbocycles. The average Bonchev–Trinajstić information content (AvgIpc) is 3.01. The Kier molecular flexibility index (Phi) is 4.45. The van der Waals surface area contributed by atoms with Gasteiger partial charge >= 0.3 is 0 Å². The van der Waals surface area contributed by atoms with Crippen LogP contribution in [0.5, 0.6) is 5.88 Å². The normalized spacial score (nSPS) is 18.5. The quantitative estimate of drug-likeness (QED) is 0.868. The lowest BCUT2D eigenvalue weighted by molar-refractivity contribution is -0.133. The van der Waals surface area contributed by atoms with Gasteiger partial charge in [0, 0.05) is 18.8 Å². The summed E-state index contributed by atoms with van der Waals surface area (Å²) in [4.78, 5) is 14.2. The van der Waals surface area contributed by atoms with Crippen LogP contribution in [0.2, 0.25) is 0 Å². The second-order valence-corrected chi connectivity index (χ2v) is 5.87. The van der Waals surface area contributed by atoms with Crippen LogP contribution in [0.1, 0.15) is 18.4 Å². The Bertz CT molecular complexity index is 574. The molecule has 0 unspecified atom stereocenters. The van der Waals surface area contributed by atoms with Crippen molar-refractivity contribution in [3.8, 4) is 5.88 Å². The first-order valence-corrected chi connectivity index (χ1v) is 7.99. The van der Waals surface area contributed by atoms with E-state index in [2.05, 4.69) is 10.2 Å². The summed E-state index contributed by atoms with van der Waals surface area (Å²) in [5.41, 5.74) is 1.09. The van der Waals surface area contributed by atoms with Crippen LogP contribution in [0.3, 0.4) is 0 Å². The molecule has 0 saturated carbocycles. The Morgan fingerprint density at radius 1 is 1.48 bits per heavy atom. The highest BCUT2D eigenvalue weighted by atomic mass is 32.1. The lowest BCUT2D eigenvalue weighted by atomic mass is 10.1. The van der Waals surface area contributed by atoms with Gasteiger partial charge in [0.25, 0.3) is 0 Å². The van der Waals surface area contributed by atoms with Gasteiger partial charge in [0.15, 0.2) is 0 Å². The lowest BCUT2D eigenvalue weighted by Gasteiger charge is -2.32. The van der Waals surface area contributed by atoms with E-state index in [1.54, 1.807) is 29.7 Å². The topological polar surface area (TPSA) is 55.3 Å². The molecule has 21 heavy (non-hydrogen) atoms. The number of nitrogens with zero attached hydrogens (tertiary/aromatic N) is 3. The molecule has 0 N–H and O–H groups in total. The van der Waals surface area contributed by atoms with Crippen LogP contribution in [-0.4, -0.2) is 40.2 Å². The second kappa shape index (κ2) is 6.67. The molecule has 1 fully saturated rings. The number of carbonyl (C=O) groups excluding carboxylic acids is 1. The highest BCUT2D eigenvalue weighted by molar-refractivity contribution is 7.07. The van der Waals surface area contributed by atoms with Crippen molar-refractivity contribution in [1.29, 1.82) is 0 Å². The van der Waals surface area contributed by atoms with Crippen LogP contribution in [0.25, 0.3) is 0 Å². The maximum Gasteiger partial charge on any atom is 0.233 e. The summed E-state index contributed by atoms with van der Waals surface area (Å²) in [6.07, 6.45) is 3.99. The predicted octanol–water partition coefficient (Wildman–Crippen LogP) is 2.15. The molecule has 5 nitrogen and oxygen atoms in total. The zero-order chi connectivity index (χ0) is 14.5. The van der Waals surface area contributed by atoms with Crippen molar-refractivity contribution < 1.29 is 9.53 Å². The van der Waals surface area contributed by atoms with E-state index in [0.29, 0.717) is 18.8 Å². The Morgan fingerprint density at radius 3 is 3.19 bits per heavy atom. The maximum atomic E-state index is 12.3. The summed E-state index contributed by atoms with van der Waals surface area (Å²) < 4.78 is 5.81. The largest absolute Gasteiger partial charge is 0.471 e. The molecule has 1 atom stereocenters. The van der Waals surface area contributed by atoms with Crippen molar-refractivity contribution in [3.63, 3.8) is 0 Å². The van der Waals surface area contributed by atoms with E-state index in [1.807, 2.05) is 21.7 Å². The van der Waals surface area contributed by atoms with Gasteiger partial charge in [0.1, 0.15) is 6.10 Å². The molecule has 1 aliphatic rings. The van der Waals surface area contributed by atoms with Gasteiger partial charge in [-0.3, -0.25) is 4.79 Å². The van der Waals surface area contributed by atoms with Gasteiger partial charge in [-0.15, -0.1) is 5.10 Å². The van der Waals surface area contributed by atoms with Gasteiger partial charge in [0.05, 0.1) is 13.0 Å². The third-order valence-electron chi connectivity index (χ3n) is 3.50. The fraction of sp³-hybridized carbons (Fsp3) is 0.400. The number of carbonyl (C=O) groups is 1. The first kappa shape index (κ1) is 14.0.